The summed E-state index contributed by atoms with van der Waals surface area (Å²) < 4.78 is 48.5. The fourth-order valence-corrected chi connectivity index (χ4v) is 3.99. The van der Waals surface area contributed by atoms with Crippen LogP contribution in [0.5, 0.6) is 0 Å². The molecular weight excluding hydrogens is 435 g/mol. The Morgan fingerprint density at radius 3 is 2.61 bits per heavy atom. The maximum absolute atomic E-state index is 12.8. The first-order chi connectivity index (χ1) is 14.6. The molecule has 1 aromatic carbocycles. The molecule has 0 radical (unpaired) electrons. The lowest BCUT2D eigenvalue weighted by molar-refractivity contribution is -0.144. The second-order valence-corrected chi connectivity index (χ2v) is 7.52. The van der Waals surface area contributed by atoms with E-state index < -0.39 is 23.7 Å². The van der Waals surface area contributed by atoms with Gasteiger partial charge in [-0.2, -0.15) is 13.2 Å². The van der Waals surface area contributed by atoms with Gasteiger partial charge < -0.3 is 15.2 Å². The largest absolute Gasteiger partial charge is 0.462 e. The van der Waals surface area contributed by atoms with Gasteiger partial charge in [-0.1, -0.05) is 18.2 Å². The first-order valence-electron chi connectivity index (χ1n) is 9.14. The molecular formula is C20H18F3N3O4S. The van der Waals surface area contributed by atoms with Crippen molar-refractivity contribution in [1.82, 2.24) is 9.97 Å². The standard InChI is InChI=1S/C20H18F3N3O4S/c1-3-29-19(28)16-10(2)15-17(24)25-13(26-18(15)31-16)9-30-14(27)8-11-5-4-6-12(7-11)20(21,22)23/h4-7H,3,8-9H2,1-2H3,(H2,24,25,26). The van der Waals surface area contributed by atoms with Crippen molar-refractivity contribution in [2.24, 2.45) is 0 Å². The third-order valence-corrected chi connectivity index (χ3v) is 5.46. The van der Waals surface area contributed by atoms with E-state index in [-0.39, 0.29) is 36.8 Å². The number of aromatic nitrogens is 2. The SMILES string of the molecule is CCOC(=O)c1sc2nc(COC(=O)Cc3cccc(C(F)(F)F)c3)nc(N)c2c1C. The Bertz CT molecular complexity index is 1140. The number of ether oxygens (including phenoxy) is 2. The molecule has 0 bridgehead atoms. The number of carbonyl (C=O) groups excluding carboxylic acids is 2. The van der Waals surface area contributed by atoms with E-state index >= 15 is 0 Å². The Kier molecular flexibility index (Phi) is 6.44. The summed E-state index contributed by atoms with van der Waals surface area (Å²) in [6.45, 7) is 3.31. The predicted octanol–water partition coefficient (Wildman–Crippen LogP) is 4.06. The van der Waals surface area contributed by atoms with Crippen molar-refractivity contribution in [2.75, 3.05) is 12.3 Å². The quantitative estimate of drug-likeness (QED) is 0.561. The van der Waals surface area contributed by atoms with Gasteiger partial charge in [-0.15, -0.1) is 11.3 Å². The number of esters is 2. The van der Waals surface area contributed by atoms with Crippen molar-refractivity contribution in [3.63, 3.8) is 0 Å². The van der Waals surface area contributed by atoms with Crippen LogP contribution in [-0.2, 0) is 33.5 Å². The number of rotatable bonds is 6. The fourth-order valence-electron chi connectivity index (χ4n) is 2.89. The molecule has 0 aliphatic heterocycles. The molecule has 0 atom stereocenters. The van der Waals surface area contributed by atoms with Crippen molar-refractivity contribution in [2.45, 2.75) is 33.1 Å². The van der Waals surface area contributed by atoms with Crippen LogP contribution in [0.2, 0.25) is 0 Å². The van der Waals surface area contributed by atoms with Gasteiger partial charge in [-0.25, -0.2) is 14.8 Å². The Morgan fingerprint density at radius 2 is 1.94 bits per heavy atom. The maximum atomic E-state index is 12.8. The van der Waals surface area contributed by atoms with Crippen molar-refractivity contribution < 1.29 is 32.2 Å². The Labute approximate surface area is 179 Å². The molecule has 0 unspecified atom stereocenters. The number of hydrogen-bond acceptors (Lipinski definition) is 8. The maximum Gasteiger partial charge on any atom is 0.416 e. The fraction of sp³-hybridized carbons (Fsp3) is 0.300. The van der Waals surface area contributed by atoms with Gasteiger partial charge in [0.05, 0.1) is 24.0 Å². The van der Waals surface area contributed by atoms with E-state index in [9.17, 15) is 22.8 Å². The zero-order valence-electron chi connectivity index (χ0n) is 16.6. The van der Waals surface area contributed by atoms with Crippen LogP contribution in [0.4, 0.5) is 19.0 Å². The Balaban J connectivity index is 1.72. The van der Waals surface area contributed by atoms with Gasteiger partial charge in [0.15, 0.2) is 12.4 Å². The highest BCUT2D eigenvalue weighted by atomic mass is 32.1. The molecule has 2 N–H and O–H groups in total. The summed E-state index contributed by atoms with van der Waals surface area (Å²) in [4.78, 5) is 33.3. The first kappa shape index (κ1) is 22.5. The van der Waals surface area contributed by atoms with Gasteiger partial charge in [0.1, 0.15) is 15.5 Å². The lowest BCUT2D eigenvalue weighted by Gasteiger charge is -2.09. The second-order valence-electron chi connectivity index (χ2n) is 6.52. The lowest BCUT2D eigenvalue weighted by atomic mass is 10.1. The third-order valence-electron chi connectivity index (χ3n) is 4.29. The number of halogens is 3. The molecule has 0 aliphatic rings. The molecule has 2 aromatic heterocycles. The highest BCUT2D eigenvalue weighted by molar-refractivity contribution is 7.20. The van der Waals surface area contributed by atoms with Crippen molar-refractivity contribution in [3.8, 4) is 0 Å². The minimum Gasteiger partial charge on any atom is -0.462 e. The number of benzene rings is 1. The summed E-state index contributed by atoms with van der Waals surface area (Å²) in [6.07, 6.45) is -4.84. The van der Waals surface area contributed by atoms with Crippen LogP contribution in [0.1, 0.15) is 39.1 Å². The number of alkyl halides is 3. The molecule has 7 nitrogen and oxygen atoms in total. The number of nitrogen functional groups attached to an aromatic ring is 1. The molecule has 0 saturated carbocycles. The summed E-state index contributed by atoms with van der Waals surface area (Å²) in [7, 11) is 0. The van der Waals surface area contributed by atoms with Gasteiger partial charge in [-0.3, -0.25) is 4.79 Å². The van der Waals surface area contributed by atoms with Crippen LogP contribution in [-0.4, -0.2) is 28.5 Å². The summed E-state index contributed by atoms with van der Waals surface area (Å²) in [6, 6.07) is 4.45. The molecule has 2 heterocycles. The summed E-state index contributed by atoms with van der Waals surface area (Å²) in [5, 5.41) is 0.520. The molecule has 0 saturated heterocycles. The summed E-state index contributed by atoms with van der Waals surface area (Å²) >= 11 is 1.09. The van der Waals surface area contributed by atoms with E-state index in [4.69, 9.17) is 15.2 Å². The van der Waals surface area contributed by atoms with Crippen molar-refractivity contribution in [3.05, 3.63) is 51.7 Å². The molecule has 3 aromatic rings. The van der Waals surface area contributed by atoms with Crippen LogP contribution < -0.4 is 5.73 Å². The van der Waals surface area contributed by atoms with E-state index in [0.717, 1.165) is 23.5 Å². The molecule has 31 heavy (non-hydrogen) atoms. The molecule has 164 valence electrons. The second kappa shape index (κ2) is 8.88. The molecule has 0 fully saturated rings. The zero-order chi connectivity index (χ0) is 22.8. The minimum absolute atomic E-state index is 0.110. The van der Waals surface area contributed by atoms with E-state index in [1.54, 1.807) is 13.8 Å². The van der Waals surface area contributed by atoms with Crippen LogP contribution >= 0.6 is 11.3 Å². The minimum atomic E-state index is -4.50. The Hall–Kier alpha value is -3.21. The normalized spacial score (nSPS) is 11.5. The van der Waals surface area contributed by atoms with Crippen LogP contribution in [0, 0.1) is 6.92 Å². The predicted molar refractivity (Wildman–Crippen MR) is 107 cm³/mol. The van der Waals surface area contributed by atoms with E-state index in [1.165, 1.54) is 12.1 Å². The molecule has 0 amide bonds. The summed E-state index contributed by atoms with van der Waals surface area (Å²) in [5.41, 5.74) is 5.92. The van der Waals surface area contributed by atoms with Crippen LogP contribution in [0.25, 0.3) is 10.2 Å². The number of fused-ring (bicyclic) bond motifs is 1. The zero-order valence-corrected chi connectivity index (χ0v) is 17.4. The lowest BCUT2D eigenvalue weighted by Crippen LogP contribution is -2.11. The smallest absolute Gasteiger partial charge is 0.416 e. The Morgan fingerprint density at radius 1 is 1.19 bits per heavy atom. The molecule has 11 heteroatoms. The van der Waals surface area contributed by atoms with E-state index in [1.807, 2.05) is 0 Å². The van der Waals surface area contributed by atoms with Crippen LogP contribution in [0.3, 0.4) is 0 Å². The summed E-state index contributed by atoms with van der Waals surface area (Å²) in [5.74, 6) is -0.995. The number of aryl methyl sites for hydroxylation is 1. The van der Waals surface area contributed by atoms with Crippen molar-refractivity contribution in [1.29, 1.82) is 0 Å². The third kappa shape index (κ3) is 5.10. The highest BCUT2D eigenvalue weighted by Gasteiger charge is 2.30. The van der Waals surface area contributed by atoms with E-state index in [2.05, 4.69) is 9.97 Å². The molecule has 3 rings (SSSR count). The van der Waals surface area contributed by atoms with Gasteiger partial charge in [0.2, 0.25) is 0 Å². The molecule has 0 aliphatic carbocycles. The van der Waals surface area contributed by atoms with Gasteiger partial charge >= 0.3 is 18.1 Å². The van der Waals surface area contributed by atoms with Gasteiger partial charge in [-0.05, 0) is 31.0 Å². The molecule has 0 spiro atoms. The van der Waals surface area contributed by atoms with Crippen molar-refractivity contribution >= 4 is 39.3 Å². The van der Waals surface area contributed by atoms with Gasteiger partial charge in [0.25, 0.3) is 0 Å². The van der Waals surface area contributed by atoms with Gasteiger partial charge in [0, 0.05) is 0 Å². The monoisotopic (exact) mass is 453 g/mol. The number of nitrogens with two attached hydrogens (primary N) is 1. The van der Waals surface area contributed by atoms with E-state index in [0.29, 0.717) is 20.7 Å². The number of thiophene rings is 1. The average molecular weight is 453 g/mol. The number of anilines is 1. The van der Waals surface area contributed by atoms with Crippen LogP contribution in [0.15, 0.2) is 24.3 Å². The number of nitrogens with zero attached hydrogens (tertiary/aromatic N) is 2. The topological polar surface area (TPSA) is 104 Å². The highest BCUT2D eigenvalue weighted by Crippen LogP contribution is 2.33. The number of carbonyl (C=O) groups is 2. The first-order valence-corrected chi connectivity index (χ1v) is 9.96. The average Bonchev–Trinajstić information content (AvgIpc) is 3.03. The number of hydrogen-bond donors (Lipinski definition) is 1.